The van der Waals surface area contributed by atoms with Crippen molar-refractivity contribution in [3.63, 3.8) is 0 Å². The number of benzene rings is 1. The van der Waals surface area contributed by atoms with Crippen LogP contribution in [0.15, 0.2) is 30.3 Å². The number of amides is 1. The molecule has 0 unspecified atom stereocenters. The molecule has 6 heteroatoms. The van der Waals surface area contributed by atoms with Crippen molar-refractivity contribution in [1.29, 1.82) is 0 Å². The van der Waals surface area contributed by atoms with Crippen molar-refractivity contribution in [1.82, 2.24) is 4.90 Å². The number of sulfone groups is 1. The molecule has 122 valence electrons. The van der Waals surface area contributed by atoms with Crippen LogP contribution in [0.3, 0.4) is 0 Å². The molecule has 1 aromatic carbocycles. The lowest BCUT2D eigenvalue weighted by Crippen LogP contribution is -2.39. The van der Waals surface area contributed by atoms with E-state index < -0.39 is 9.84 Å². The van der Waals surface area contributed by atoms with E-state index in [1.54, 1.807) is 4.90 Å². The molecule has 0 spiro atoms. The maximum absolute atomic E-state index is 12.0. The van der Waals surface area contributed by atoms with Gasteiger partial charge in [0.2, 0.25) is 0 Å². The summed E-state index contributed by atoms with van der Waals surface area (Å²) >= 11 is 0. The smallest absolute Gasteiger partial charge is 0.410 e. The van der Waals surface area contributed by atoms with Crippen LogP contribution in [0.2, 0.25) is 0 Å². The zero-order chi connectivity index (χ0) is 16.0. The number of hydrogen-bond donors (Lipinski definition) is 0. The summed E-state index contributed by atoms with van der Waals surface area (Å²) in [7, 11) is -2.90. The van der Waals surface area contributed by atoms with Gasteiger partial charge in [0.1, 0.15) is 16.4 Å². The zero-order valence-electron chi connectivity index (χ0n) is 12.9. The molecule has 1 aliphatic heterocycles. The third-order valence-corrected chi connectivity index (χ3v) is 4.95. The Kier molecular flexibility index (Phi) is 5.83. The topological polar surface area (TPSA) is 63.7 Å². The highest BCUT2D eigenvalue weighted by molar-refractivity contribution is 7.90. The Morgan fingerprint density at radius 1 is 1.23 bits per heavy atom. The van der Waals surface area contributed by atoms with E-state index in [2.05, 4.69) is 0 Å². The van der Waals surface area contributed by atoms with Gasteiger partial charge in [0.05, 0.1) is 5.75 Å². The monoisotopic (exact) mass is 325 g/mol. The first-order valence-electron chi connectivity index (χ1n) is 7.57. The Bertz CT molecular complexity index is 577. The summed E-state index contributed by atoms with van der Waals surface area (Å²) in [6.45, 7) is 1.57. The Labute approximate surface area is 132 Å². The van der Waals surface area contributed by atoms with E-state index in [0.717, 1.165) is 18.4 Å². The largest absolute Gasteiger partial charge is 0.445 e. The summed E-state index contributed by atoms with van der Waals surface area (Å²) in [4.78, 5) is 13.7. The molecule has 0 atom stereocenters. The van der Waals surface area contributed by atoms with E-state index in [9.17, 15) is 13.2 Å². The van der Waals surface area contributed by atoms with Crippen LogP contribution in [0.5, 0.6) is 0 Å². The number of likely N-dealkylation sites (tertiary alicyclic amines) is 1. The fraction of sp³-hybridized carbons (Fsp3) is 0.562. The highest BCUT2D eigenvalue weighted by Gasteiger charge is 2.24. The molecular weight excluding hydrogens is 302 g/mol. The minimum Gasteiger partial charge on any atom is -0.445 e. The number of piperidine rings is 1. The van der Waals surface area contributed by atoms with Gasteiger partial charge in [-0.1, -0.05) is 30.3 Å². The molecule has 0 bridgehead atoms. The first kappa shape index (κ1) is 16.8. The quantitative estimate of drug-likeness (QED) is 0.834. The molecule has 0 aliphatic carbocycles. The number of carbonyl (C=O) groups excluding carboxylic acids is 1. The number of carbonyl (C=O) groups is 1. The molecule has 22 heavy (non-hydrogen) atoms. The number of ether oxygens (including phenoxy) is 1. The Morgan fingerprint density at radius 2 is 1.86 bits per heavy atom. The summed E-state index contributed by atoms with van der Waals surface area (Å²) in [5.74, 6) is 0.615. The maximum atomic E-state index is 12.0. The second kappa shape index (κ2) is 7.63. The van der Waals surface area contributed by atoms with Crippen LogP contribution in [-0.2, 0) is 21.2 Å². The van der Waals surface area contributed by atoms with Gasteiger partial charge in [0, 0.05) is 19.3 Å². The molecule has 0 aromatic heterocycles. The molecule has 0 N–H and O–H groups in total. The standard InChI is InChI=1S/C16H23NO4S/c1-22(19,20)12-9-14-7-10-17(11-8-14)16(18)21-13-15-5-3-2-4-6-15/h2-6,14H,7-13H2,1H3. The molecule has 1 fully saturated rings. The van der Waals surface area contributed by atoms with Crippen molar-refractivity contribution >= 4 is 15.9 Å². The molecule has 1 aliphatic rings. The molecule has 5 nitrogen and oxygen atoms in total. The molecule has 0 saturated carbocycles. The van der Waals surface area contributed by atoms with E-state index in [1.807, 2.05) is 30.3 Å². The van der Waals surface area contributed by atoms with Crippen molar-refractivity contribution in [2.75, 3.05) is 25.1 Å². The van der Waals surface area contributed by atoms with Crippen LogP contribution in [-0.4, -0.2) is 44.5 Å². The van der Waals surface area contributed by atoms with Gasteiger partial charge in [-0.05, 0) is 30.7 Å². The summed E-state index contributed by atoms with van der Waals surface area (Å²) < 4.78 is 27.7. The second-order valence-electron chi connectivity index (χ2n) is 5.89. The van der Waals surface area contributed by atoms with Crippen LogP contribution in [0.25, 0.3) is 0 Å². The molecule has 1 aromatic rings. The average Bonchev–Trinajstić information content (AvgIpc) is 2.51. The maximum Gasteiger partial charge on any atom is 0.410 e. The predicted molar refractivity (Wildman–Crippen MR) is 85.3 cm³/mol. The predicted octanol–water partition coefficient (Wildman–Crippen LogP) is 2.47. The van der Waals surface area contributed by atoms with E-state index in [0.29, 0.717) is 25.4 Å². The van der Waals surface area contributed by atoms with Gasteiger partial charge < -0.3 is 9.64 Å². The molecule has 2 rings (SSSR count). The van der Waals surface area contributed by atoms with Gasteiger partial charge in [0.25, 0.3) is 0 Å². The van der Waals surface area contributed by atoms with E-state index >= 15 is 0 Å². The third-order valence-electron chi connectivity index (χ3n) is 3.97. The van der Waals surface area contributed by atoms with Crippen molar-refractivity contribution < 1.29 is 17.9 Å². The van der Waals surface area contributed by atoms with Crippen molar-refractivity contribution in [2.24, 2.45) is 5.92 Å². The SMILES string of the molecule is CS(=O)(=O)CCC1CCN(C(=O)OCc2ccccc2)CC1. The van der Waals surface area contributed by atoms with Gasteiger partial charge in [-0.15, -0.1) is 0 Å². The van der Waals surface area contributed by atoms with Gasteiger partial charge in [-0.3, -0.25) is 0 Å². The fourth-order valence-corrected chi connectivity index (χ4v) is 3.36. The van der Waals surface area contributed by atoms with E-state index in [-0.39, 0.29) is 18.5 Å². The fourth-order valence-electron chi connectivity index (χ4n) is 2.60. The van der Waals surface area contributed by atoms with Crippen LogP contribution in [0.1, 0.15) is 24.8 Å². The number of nitrogens with zero attached hydrogens (tertiary/aromatic N) is 1. The summed E-state index contributed by atoms with van der Waals surface area (Å²) in [6, 6.07) is 9.59. The highest BCUT2D eigenvalue weighted by Crippen LogP contribution is 2.21. The van der Waals surface area contributed by atoms with Crippen LogP contribution < -0.4 is 0 Å². The Morgan fingerprint density at radius 3 is 2.45 bits per heavy atom. The number of hydrogen-bond acceptors (Lipinski definition) is 4. The molecule has 1 saturated heterocycles. The summed E-state index contributed by atoms with van der Waals surface area (Å²) in [6.07, 6.45) is 3.35. The van der Waals surface area contributed by atoms with E-state index in [1.165, 1.54) is 6.26 Å². The van der Waals surface area contributed by atoms with E-state index in [4.69, 9.17) is 4.74 Å². The Hall–Kier alpha value is -1.56. The minimum atomic E-state index is -2.90. The van der Waals surface area contributed by atoms with Crippen LogP contribution >= 0.6 is 0 Å². The van der Waals surface area contributed by atoms with Gasteiger partial charge in [-0.2, -0.15) is 0 Å². The average molecular weight is 325 g/mol. The molecule has 1 amide bonds. The first-order chi connectivity index (χ1) is 10.4. The molecule has 1 heterocycles. The molecule has 0 radical (unpaired) electrons. The Balaban J connectivity index is 1.71. The second-order valence-corrected chi connectivity index (χ2v) is 8.15. The minimum absolute atomic E-state index is 0.232. The molecular formula is C16H23NO4S. The lowest BCUT2D eigenvalue weighted by atomic mass is 9.95. The zero-order valence-corrected chi connectivity index (χ0v) is 13.7. The van der Waals surface area contributed by atoms with Crippen molar-refractivity contribution in [2.45, 2.75) is 25.9 Å². The first-order valence-corrected chi connectivity index (χ1v) is 9.63. The summed E-state index contributed by atoms with van der Waals surface area (Å²) in [5, 5.41) is 0. The van der Waals surface area contributed by atoms with Crippen molar-refractivity contribution in [3.8, 4) is 0 Å². The van der Waals surface area contributed by atoms with Crippen molar-refractivity contribution in [3.05, 3.63) is 35.9 Å². The lowest BCUT2D eigenvalue weighted by Gasteiger charge is -2.31. The van der Waals surface area contributed by atoms with Gasteiger partial charge in [-0.25, -0.2) is 13.2 Å². The lowest BCUT2D eigenvalue weighted by molar-refractivity contribution is 0.0820. The third kappa shape index (κ3) is 5.67. The highest BCUT2D eigenvalue weighted by atomic mass is 32.2. The number of rotatable bonds is 5. The van der Waals surface area contributed by atoms with Crippen LogP contribution in [0, 0.1) is 5.92 Å². The summed E-state index contributed by atoms with van der Waals surface area (Å²) in [5.41, 5.74) is 0.971. The van der Waals surface area contributed by atoms with Gasteiger partial charge in [0.15, 0.2) is 0 Å². The van der Waals surface area contributed by atoms with Crippen LogP contribution in [0.4, 0.5) is 4.79 Å². The van der Waals surface area contributed by atoms with Gasteiger partial charge >= 0.3 is 6.09 Å². The normalized spacial score (nSPS) is 16.5.